The Kier molecular flexibility index (Phi) is 4.24. The summed E-state index contributed by atoms with van der Waals surface area (Å²) in [7, 11) is 3.18. The number of aryl methyl sites for hydroxylation is 2. The third kappa shape index (κ3) is 2.84. The van der Waals surface area contributed by atoms with Gasteiger partial charge in [-0.15, -0.1) is 0 Å². The number of esters is 1. The summed E-state index contributed by atoms with van der Waals surface area (Å²) in [6.07, 6.45) is 1.39. The van der Waals surface area contributed by atoms with E-state index < -0.39 is 5.97 Å². The van der Waals surface area contributed by atoms with Crippen molar-refractivity contribution < 1.29 is 19.1 Å². The molecule has 2 heterocycles. The van der Waals surface area contributed by atoms with Gasteiger partial charge in [-0.2, -0.15) is 5.10 Å². The second-order valence-corrected chi connectivity index (χ2v) is 5.63. The Balaban J connectivity index is 1.84. The lowest BCUT2D eigenvalue weighted by Gasteiger charge is -2.16. The third-order valence-electron chi connectivity index (χ3n) is 3.98. The molecule has 126 valence electrons. The molecule has 0 unspecified atom stereocenters. The van der Waals surface area contributed by atoms with Gasteiger partial charge in [0.15, 0.2) is 0 Å². The van der Waals surface area contributed by atoms with Crippen molar-refractivity contribution in [1.29, 1.82) is 0 Å². The summed E-state index contributed by atoms with van der Waals surface area (Å²) in [4.78, 5) is 26.0. The largest absolute Gasteiger partial charge is 0.481 e. The van der Waals surface area contributed by atoms with E-state index in [9.17, 15) is 9.59 Å². The molecule has 0 saturated carbocycles. The molecule has 0 spiro atoms. The molecule has 7 heteroatoms. The summed E-state index contributed by atoms with van der Waals surface area (Å²) < 4.78 is 12.2. The number of benzene rings is 1. The first-order valence-electron chi connectivity index (χ1n) is 7.71. The number of nitrogens with zero attached hydrogens (tertiary/aromatic N) is 3. The van der Waals surface area contributed by atoms with Crippen LogP contribution in [0, 0.1) is 6.92 Å². The van der Waals surface area contributed by atoms with E-state index >= 15 is 0 Å². The van der Waals surface area contributed by atoms with Crippen LogP contribution >= 0.6 is 0 Å². The Hall–Kier alpha value is -2.83. The maximum absolute atomic E-state index is 12.5. The molecular formula is C17H19N3O4. The van der Waals surface area contributed by atoms with Crippen LogP contribution in [0.5, 0.6) is 11.6 Å². The highest BCUT2D eigenvalue weighted by atomic mass is 16.5. The van der Waals surface area contributed by atoms with E-state index in [4.69, 9.17) is 9.47 Å². The maximum Gasteiger partial charge on any atom is 0.351 e. The van der Waals surface area contributed by atoms with E-state index in [0.717, 1.165) is 12.1 Å². The van der Waals surface area contributed by atoms with E-state index in [2.05, 4.69) is 5.10 Å². The maximum atomic E-state index is 12.5. The molecule has 0 radical (unpaired) electrons. The lowest BCUT2D eigenvalue weighted by Crippen LogP contribution is -2.23. The van der Waals surface area contributed by atoms with Crippen LogP contribution < -0.4 is 14.4 Å². The molecule has 1 amide bonds. The van der Waals surface area contributed by atoms with E-state index in [1.165, 1.54) is 11.8 Å². The highest BCUT2D eigenvalue weighted by Crippen LogP contribution is 2.27. The smallest absolute Gasteiger partial charge is 0.351 e. The summed E-state index contributed by atoms with van der Waals surface area (Å²) in [6, 6.07) is 6.97. The van der Waals surface area contributed by atoms with Crippen LogP contribution in [0.25, 0.3) is 0 Å². The van der Waals surface area contributed by atoms with Crippen molar-refractivity contribution in [3.05, 3.63) is 35.5 Å². The molecule has 0 N–H and O–H groups in total. The first kappa shape index (κ1) is 16.0. The van der Waals surface area contributed by atoms with Gasteiger partial charge in [-0.25, -0.2) is 9.48 Å². The van der Waals surface area contributed by atoms with Crippen LogP contribution in [0.1, 0.15) is 28.9 Å². The van der Waals surface area contributed by atoms with Gasteiger partial charge in [0.25, 0.3) is 0 Å². The first-order chi connectivity index (χ1) is 11.5. The SMILES string of the molecule is COc1c(C(=O)Oc2cccc(N3CCCC3=O)c2)c(C)nn1C. The second kappa shape index (κ2) is 6.35. The number of carbonyl (C=O) groups excluding carboxylic acids is 2. The van der Waals surface area contributed by atoms with Crippen molar-refractivity contribution in [3.8, 4) is 11.6 Å². The van der Waals surface area contributed by atoms with Crippen LogP contribution in [0.3, 0.4) is 0 Å². The quantitative estimate of drug-likeness (QED) is 0.634. The molecule has 1 aromatic carbocycles. The molecule has 1 aliphatic rings. The Morgan fingerprint density at radius 2 is 2.12 bits per heavy atom. The van der Waals surface area contributed by atoms with Gasteiger partial charge >= 0.3 is 5.97 Å². The lowest BCUT2D eigenvalue weighted by molar-refractivity contribution is -0.117. The second-order valence-electron chi connectivity index (χ2n) is 5.63. The number of hydrogen-bond acceptors (Lipinski definition) is 5. The number of methoxy groups -OCH3 is 1. The Bertz CT molecular complexity index is 797. The Morgan fingerprint density at radius 1 is 1.33 bits per heavy atom. The molecule has 1 fully saturated rings. The van der Waals surface area contributed by atoms with Gasteiger partial charge in [-0.1, -0.05) is 6.07 Å². The predicted molar refractivity (Wildman–Crippen MR) is 87.5 cm³/mol. The summed E-state index contributed by atoms with van der Waals surface area (Å²) >= 11 is 0. The number of carbonyl (C=O) groups is 2. The van der Waals surface area contributed by atoms with Gasteiger partial charge < -0.3 is 14.4 Å². The van der Waals surface area contributed by atoms with Crippen molar-refractivity contribution in [3.63, 3.8) is 0 Å². The molecule has 2 aromatic rings. The van der Waals surface area contributed by atoms with Crippen LogP contribution in [-0.2, 0) is 11.8 Å². The van der Waals surface area contributed by atoms with Crippen LogP contribution in [0.4, 0.5) is 5.69 Å². The number of rotatable bonds is 4. The summed E-state index contributed by atoms with van der Waals surface area (Å²) in [5, 5.41) is 4.17. The molecule has 3 rings (SSSR count). The fourth-order valence-corrected chi connectivity index (χ4v) is 2.90. The first-order valence-corrected chi connectivity index (χ1v) is 7.71. The van der Waals surface area contributed by atoms with Gasteiger partial charge in [0.05, 0.1) is 12.8 Å². The van der Waals surface area contributed by atoms with Gasteiger partial charge in [0.2, 0.25) is 11.8 Å². The van der Waals surface area contributed by atoms with Crippen molar-refractivity contribution >= 4 is 17.6 Å². The standard InChI is InChI=1S/C17H19N3O4/c1-11-15(16(23-3)19(2)18-11)17(22)24-13-7-4-6-12(10-13)20-9-5-8-14(20)21/h4,6-7,10H,5,8-9H2,1-3H3. The van der Waals surface area contributed by atoms with E-state index in [1.54, 1.807) is 37.1 Å². The number of aromatic nitrogens is 2. The number of anilines is 1. The molecule has 1 aromatic heterocycles. The molecule has 1 aliphatic heterocycles. The van der Waals surface area contributed by atoms with Crippen molar-refractivity contribution in [2.75, 3.05) is 18.6 Å². The van der Waals surface area contributed by atoms with E-state index in [1.807, 2.05) is 6.07 Å². The average molecular weight is 329 g/mol. The minimum atomic E-state index is -0.539. The topological polar surface area (TPSA) is 73.7 Å². The highest BCUT2D eigenvalue weighted by molar-refractivity contribution is 5.96. The van der Waals surface area contributed by atoms with Gasteiger partial charge in [-0.3, -0.25) is 4.79 Å². The number of hydrogen-bond donors (Lipinski definition) is 0. The van der Waals surface area contributed by atoms with Crippen LogP contribution in [0.15, 0.2) is 24.3 Å². The van der Waals surface area contributed by atoms with Crippen molar-refractivity contribution in [2.45, 2.75) is 19.8 Å². The highest BCUT2D eigenvalue weighted by Gasteiger charge is 2.25. The normalized spacial score (nSPS) is 14.1. The van der Waals surface area contributed by atoms with Crippen LogP contribution in [0.2, 0.25) is 0 Å². The number of ether oxygens (including phenoxy) is 2. The molecule has 0 atom stereocenters. The van der Waals surface area contributed by atoms with Crippen LogP contribution in [-0.4, -0.2) is 35.3 Å². The fraction of sp³-hybridized carbons (Fsp3) is 0.353. The molecule has 24 heavy (non-hydrogen) atoms. The third-order valence-corrected chi connectivity index (χ3v) is 3.98. The number of amides is 1. The summed E-state index contributed by atoms with van der Waals surface area (Å²) in [5.41, 5.74) is 1.56. The van der Waals surface area contributed by atoms with E-state index in [0.29, 0.717) is 35.9 Å². The van der Waals surface area contributed by atoms with E-state index in [-0.39, 0.29) is 5.91 Å². The predicted octanol–water partition coefficient (Wildman–Crippen LogP) is 2.08. The zero-order valence-corrected chi connectivity index (χ0v) is 13.9. The zero-order chi connectivity index (χ0) is 17.3. The fourth-order valence-electron chi connectivity index (χ4n) is 2.90. The monoisotopic (exact) mass is 329 g/mol. The minimum Gasteiger partial charge on any atom is -0.481 e. The molecular weight excluding hydrogens is 310 g/mol. The molecule has 7 nitrogen and oxygen atoms in total. The molecule has 0 aliphatic carbocycles. The minimum absolute atomic E-state index is 0.0863. The Labute approximate surface area is 139 Å². The van der Waals surface area contributed by atoms with Crippen molar-refractivity contribution in [2.24, 2.45) is 7.05 Å². The van der Waals surface area contributed by atoms with Crippen molar-refractivity contribution in [1.82, 2.24) is 9.78 Å². The Morgan fingerprint density at radius 3 is 2.79 bits per heavy atom. The van der Waals surface area contributed by atoms with Gasteiger partial charge in [-0.05, 0) is 25.5 Å². The molecule has 1 saturated heterocycles. The summed E-state index contributed by atoms with van der Waals surface area (Å²) in [6.45, 7) is 2.41. The lowest BCUT2D eigenvalue weighted by atomic mass is 10.2. The molecule has 0 bridgehead atoms. The van der Waals surface area contributed by atoms with Gasteiger partial charge in [0, 0.05) is 31.8 Å². The van der Waals surface area contributed by atoms with Gasteiger partial charge in [0.1, 0.15) is 11.3 Å². The zero-order valence-electron chi connectivity index (χ0n) is 13.9. The average Bonchev–Trinajstić information content (AvgIpc) is 3.09. The summed E-state index contributed by atoms with van der Waals surface area (Å²) in [5.74, 6) is 0.275.